The predicted octanol–water partition coefficient (Wildman–Crippen LogP) is 1.70. The van der Waals surface area contributed by atoms with Gasteiger partial charge in [0.25, 0.3) is 0 Å². The SMILES string of the molecule is CC1(C)COB(c2cnn(Cc3ccccc3)c2)OC1. The summed E-state index contributed by atoms with van der Waals surface area (Å²) in [6.07, 6.45) is 3.82. The first-order valence-electron chi connectivity index (χ1n) is 6.92. The second kappa shape index (κ2) is 5.42. The fourth-order valence-electron chi connectivity index (χ4n) is 2.24. The van der Waals surface area contributed by atoms with Gasteiger partial charge in [-0.05, 0) is 5.56 Å². The number of hydrogen-bond donors (Lipinski definition) is 0. The van der Waals surface area contributed by atoms with Crippen LogP contribution >= 0.6 is 0 Å². The minimum atomic E-state index is -0.285. The Morgan fingerprint density at radius 3 is 2.60 bits per heavy atom. The molecule has 2 aromatic rings. The Bertz CT molecular complexity index is 558. The van der Waals surface area contributed by atoms with Crippen molar-refractivity contribution in [3.05, 3.63) is 48.3 Å². The lowest BCUT2D eigenvalue weighted by atomic mass is 9.78. The molecule has 0 N–H and O–H groups in total. The molecule has 0 spiro atoms. The highest BCUT2D eigenvalue weighted by molar-refractivity contribution is 6.61. The first-order valence-corrected chi connectivity index (χ1v) is 6.92. The van der Waals surface area contributed by atoms with Crippen LogP contribution in [0.5, 0.6) is 0 Å². The van der Waals surface area contributed by atoms with E-state index in [9.17, 15) is 0 Å². The zero-order chi connectivity index (χ0) is 14.0. The molecule has 104 valence electrons. The molecule has 1 aromatic carbocycles. The standard InChI is InChI=1S/C15H19BN2O2/c1-15(2)11-19-16(20-12-15)14-8-17-18(10-14)9-13-6-4-3-5-7-13/h3-8,10H,9,11-12H2,1-2H3. The van der Waals surface area contributed by atoms with Gasteiger partial charge >= 0.3 is 7.12 Å². The molecule has 1 aliphatic heterocycles. The highest BCUT2D eigenvalue weighted by atomic mass is 16.6. The molecule has 0 bridgehead atoms. The third-order valence-corrected chi connectivity index (χ3v) is 3.36. The molecular formula is C15H19BN2O2. The van der Waals surface area contributed by atoms with Crippen molar-refractivity contribution in [2.75, 3.05) is 13.2 Å². The topological polar surface area (TPSA) is 36.3 Å². The normalized spacial score (nSPS) is 18.2. The fourth-order valence-corrected chi connectivity index (χ4v) is 2.24. The van der Waals surface area contributed by atoms with Crippen molar-refractivity contribution in [1.82, 2.24) is 9.78 Å². The molecule has 1 fully saturated rings. The number of rotatable bonds is 3. The maximum atomic E-state index is 5.77. The lowest BCUT2D eigenvalue weighted by molar-refractivity contribution is 0.0343. The van der Waals surface area contributed by atoms with Gasteiger partial charge in [0.1, 0.15) is 0 Å². The Labute approximate surface area is 119 Å². The minimum absolute atomic E-state index is 0.0938. The largest absolute Gasteiger partial charge is 0.497 e. The number of benzene rings is 1. The van der Waals surface area contributed by atoms with Crippen LogP contribution in [0.15, 0.2) is 42.7 Å². The van der Waals surface area contributed by atoms with Crippen molar-refractivity contribution in [2.45, 2.75) is 20.4 Å². The molecule has 0 amide bonds. The van der Waals surface area contributed by atoms with Crippen LogP contribution in [0.25, 0.3) is 0 Å². The second-order valence-corrected chi connectivity index (χ2v) is 6.07. The molecule has 0 unspecified atom stereocenters. The van der Waals surface area contributed by atoms with Gasteiger partial charge in [0.15, 0.2) is 0 Å². The molecule has 3 rings (SSSR count). The van der Waals surface area contributed by atoms with Gasteiger partial charge in [0.2, 0.25) is 0 Å². The quantitative estimate of drug-likeness (QED) is 0.796. The molecule has 1 aliphatic rings. The molecular weight excluding hydrogens is 251 g/mol. The lowest BCUT2D eigenvalue weighted by Crippen LogP contribution is -2.47. The molecule has 0 saturated carbocycles. The zero-order valence-electron chi connectivity index (χ0n) is 12.0. The van der Waals surface area contributed by atoms with Crippen LogP contribution in [0, 0.1) is 5.41 Å². The maximum absolute atomic E-state index is 5.77. The Balaban J connectivity index is 1.65. The summed E-state index contributed by atoms with van der Waals surface area (Å²) in [7, 11) is -0.285. The van der Waals surface area contributed by atoms with Crippen molar-refractivity contribution >= 4 is 12.6 Å². The molecule has 5 heteroatoms. The van der Waals surface area contributed by atoms with Crippen molar-refractivity contribution in [3.63, 3.8) is 0 Å². The number of nitrogens with zero attached hydrogens (tertiary/aromatic N) is 2. The first-order chi connectivity index (χ1) is 9.62. The molecule has 20 heavy (non-hydrogen) atoms. The first kappa shape index (κ1) is 13.4. The smallest absolute Gasteiger partial charge is 0.407 e. The van der Waals surface area contributed by atoms with Gasteiger partial charge in [-0.1, -0.05) is 44.2 Å². The fraction of sp³-hybridized carbons (Fsp3) is 0.400. The van der Waals surface area contributed by atoms with Gasteiger partial charge < -0.3 is 9.31 Å². The molecule has 2 heterocycles. The zero-order valence-corrected chi connectivity index (χ0v) is 12.0. The Hall–Kier alpha value is -1.59. The van der Waals surface area contributed by atoms with E-state index in [2.05, 4.69) is 31.1 Å². The Morgan fingerprint density at radius 2 is 1.90 bits per heavy atom. The van der Waals surface area contributed by atoms with Crippen LogP contribution in [0.3, 0.4) is 0 Å². The summed E-state index contributed by atoms with van der Waals surface area (Å²) in [5, 5.41) is 4.38. The monoisotopic (exact) mass is 270 g/mol. The molecule has 0 aliphatic carbocycles. The van der Waals surface area contributed by atoms with Crippen molar-refractivity contribution in [2.24, 2.45) is 5.41 Å². The van der Waals surface area contributed by atoms with Crippen LogP contribution in [0.2, 0.25) is 0 Å². The van der Waals surface area contributed by atoms with Crippen LogP contribution in [0.1, 0.15) is 19.4 Å². The summed E-state index contributed by atoms with van der Waals surface area (Å²) in [6, 6.07) is 10.3. The van der Waals surface area contributed by atoms with E-state index in [1.807, 2.05) is 35.3 Å². The van der Waals surface area contributed by atoms with E-state index < -0.39 is 0 Å². The summed E-state index contributed by atoms with van der Waals surface area (Å²) < 4.78 is 13.4. The van der Waals surface area contributed by atoms with Gasteiger partial charge in [-0.3, -0.25) is 4.68 Å². The van der Waals surface area contributed by atoms with Gasteiger partial charge in [-0.25, -0.2) is 0 Å². The molecule has 1 aromatic heterocycles. The van der Waals surface area contributed by atoms with E-state index >= 15 is 0 Å². The average molecular weight is 270 g/mol. The average Bonchev–Trinajstić information content (AvgIpc) is 2.88. The number of hydrogen-bond acceptors (Lipinski definition) is 3. The van der Waals surface area contributed by atoms with Crippen molar-refractivity contribution < 1.29 is 9.31 Å². The minimum Gasteiger partial charge on any atom is -0.407 e. The van der Waals surface area contributed by atoms with Crippen molar-refractivity contribution in [3.8, 4) is 0 Å². The Morgan fingerprint density at radius 1 is 1.20 bits per heavy atom. The molecule has 0 radical (unpaired) electrons. The van der Waals surface area contributed by atoms with E-state index in [-0.39, 0.29) is 12.5 Å². The summed E-state index contributed by atoms with van der Waals surface area (Å²) in [5.74, 6) is 0. The van der Waals surface area contributed by atoms with E-state index in [4.69, 9.17) is 9.31 Å². The van der Waals surface area contributed by atoms with E-state index in [0.29, 0.717) is 13.2 Å². The van der Waals surface area contributed by atoms with Gasteiger partial charge in [-0.2, -0.15) is 5.10 Å². The molecule has 4 nitrogen and oxygen atoms in total. The van der Waals surface area contributed by atoms with Crippen LogP contribution < -0.4 is 5.46 Å². The Kier molecular flexibility index (Phi) is 3.63. The third-order valence-electron chi connectivity index (χ3n) is 3.36. The van der Waals surface area contributed by atoms with Crippen LogP contribution in [0.4, 0.5) is 0 Å². The summed E-state index contributed by atoms with van der Waals surface area (Å²) in [6.45, 7) is 6.46. The third kappa shape index (κ3) is 3.11. The highest BCUT2D eigenvalue weighted by Gasteiger charge is 2.34. The second-order valence-electron chi connectivity index (χ2n) is 6.07. The summed E-state index contributed by atoms with van der Waals surface area (Å²) in [5.41, 5.74) is 2.31. The summed E-state index contributed by atoms with van der Waals surface area (Å²) >= 11 is 0. The van der Waals surface area contributed by atoms with Crippen molar-refractivity contribution in [1.29, 1.82) is 0 Å². The summed E-state index contributed by atoms with van der Waals surface area (Å²) in [4.78, 5) is 0. The maximum Gasteiger partial charge on any atom is 0.497 e. The van der Waals surface area contributed by atoms with E-state index in [1.54, 1.807) is 0 Å². The van der Waals surface area contributed by atoms with Gasteiger partial charge in [-0.15, -0.1) is 0 Å². The number of aromatic nitrogens is 2. The lowest BCUT2D eigenvalue weighted by Gasteiger charge is -2.32. The molecule has 1 saturated heterocycles. The van der Waals surface area contributed by atoms with Crippen LogP contribution in [-0.4, -0.2) is 30.1 Å². The highest BCUT2D eigenvalue weighted by Crippen LogP contribution is 2.21. The van der Waals surface area contributed by atoms with Crippen LogP contribution in [-0.2, 0) is 15.9 Å². The van der Waals surface area contributed by atoms with E-state index in [1.165, 1.54) is 5.56 Å². The predicted molar refractivity (Wildman–Crippen MR) is 78.8 cm³/mol. The van der Waals surface area contributed by atoms with Gasteiger partial charge in [0, 0.05) is 36.5 Å². The van der Waals surface area contributed by atoms with Gasteiger partial charge in [0.05, 0.1) is 6.54 Å². The molecule has 0 atom stereocenters. The van der Waals surface area contributed by atoms with E-state index in [0.717, 1.165) is 12.0 Å².